The number of hydrogen-bond donors (Lipinski definition) is 2. The van der Waals surface area contributed by atoms with Crippen molar-refractivity contribution in [3.05, 3.63) is 22.4 Å². The van der Waals surface area contributed by atoms with E-state index in [1.54, 1.807) is 11.3 Å². The van der Waals surface area contributed by atoms with Crippen LogP contribution < -0.4 is 10.6 Å². The van der Waals surface area contributed by atoms with Crippen LogP contribution in [0.15, 0.2) is 16.8 Å². The molecule has 2 saturated heterocycles. The Morgan fingerprint density at radius 3 is 2.87 bits per heavy atom. The molecule has 2 N–H and O–H groups in total. The predicted molar refractivity (Wildman–Crippen MR) is 88.9 cm³/mol. The van der Waals surface area contributed by atoms with Crippen LogP contribution in [0.25, 0.3) is 0 Å². The van der Waals surface area contributed by atoms with Crippen molar-refractivity contribution in [3.63, 3.8) is 0 Å². The van der Waals surface area contributed by atoms with E-state index in [2.05, 4.69) is 32.4 Å². The number of piperidine rings is 1. The first-order chi connectivity index (χ1) is 11.2. The summed E-state index contributed by atoms with van der Waals surface area (Å²) < 4.78 is 0. The lowest BCUT2D eigenvalue weighted by Gasteiger charge is -2.31. The molecule has 3 aliphatic rings. The molecule has 0 radical (unpaired) electrons. The average Bonchev–Trinajstić information content (AvgIpc) is 2.97. The maximum atomic E-state index is 13.0. The van der Waals surface area contributed by atoms with Crippen LogP contribution in [0.3, 0.4) is 0 Å². The van der Waals surface area contributed by atoms with Crippen LogP contribution >= 0.6 is 11.3 Å². The van der Waals surface area contributed by atoms with Gasteiger partial charge in [0.2, 0.25) is 11.8 Å². The molecule has 0 bridgehead atoms. The van der Waals surface area contributed by atoms with Crippen molar-refractivity contribution in [3.8, 4) is 0 Å². The van der Waals surface area contributed by atoms with Crippen LogP contribution in [0.2, 0.25) is 0 Å². The molecule has 2 aliphatic heterocycles. The minimum atomic E-state index is -0.180. The average molecular weight is 333 g/mol. The largest absolute Gasteiger partial charge is 0.355 e. The summed E-state index contributed by atoms with van der Waals surface area (Å²) in [5, 5.41) is 10.4. The van der Waals surface area contributed by atoms with Gasteiger partial charge >= 0.3 is 0 Å². The van der Waals surface area contributed by atoms with Gasteiger partial charge in [-0.25, -0.2) is 0 Å². The summed E-state index contributed by atoms with van der Waals surface area (Å²) >= 11 is 1.67. The van der Waals surface area contributed by atoms with Crippen molar-refractivity contribution in [2.45, 2.75) is 38.3 Å². The summed E-state index contributed by atoms with van der Waals surface area (Å²) in [6, 6.07) is 2.45. The summed E-state index contributed by atoms with van der Waals surface area (Å²) in [7, 11) is 0. The maximum absolute atomic E-state index is 13.0. The zero-order valence-corrected chi connectivity index (χ0v) is 14.0. The summed E-state index contributed by atoms with van der Waals surface area (Å²) in [5.74, 6) is -0.0123. The van der Waals surface area contributed by atoms with Crippen molar-refractivity contribution in [2.24, 2.45) is 11.3 Å². The Morgan fingerprint density at radius 1 is 1.39 bits per heavy atom. The normalized spacial score (nSPS) is 28.6. The monoisotopic (exact) mass is 333 g/mol. The Bertz CT molecular complexity index is 595. The number of carbonyl (C=O) groups excluding carboxylic acids is 2. The van der Waals surface area contributed by atoms with Crippen LogP contribution in [0.5, 0.6) is 0 Å². The SMILES string of the molecule is O=C1CC(C(=O)N(Cc2ccsc2)C2CC23CCNCC3)CN1. The van der Waals surface area contributed by atoms with Gasteiger partial charge in [0.15, 0.2) is 0 Å². The molecule has 1 saturated carbocycles. The lowest BCUT2D eigenvalue weighted by atomic mass is 9.93. The molecule has 1 spiro atoms. The molecular formula is C17H23N3O2S. The van der Waals surface area contributed by atoms with Gasteiger partial charge < -0.3 is 15.5 Å². The van der Waals surface area contributed by atoms with E-state index in [1.807, 2.05) is 0 Å². The fraction of sp³-hybridized carbons (Fsp3) is 0.647. The maximum Gasteiger partial charge on any atom is 0.228 e. The first-order valence-electron chi connectivity index (χ1n) is 8.47. The minimum absolute atomic E-state index is 0.00575. The molecule has 4 rings (SSSR count). The summed E-state index contributed by atoms with van der Waals surface area (Å²) in [6.07, 6.45) is 3.79. The third-order valence-electron chi connectivity index (χ3n) is 5.66. The molecule has 1 aromatic rings. The molecule has 23 heavy (non-hydrogen) atoms. The fourth-order valence-corrected chi connectivity index (χ4v) is 4.82. The van der Waals surface area contributed by atoms with Crippen molar-refractivity contribution >= 4 is 23.2 Å². The van der Waals surface area contributed by atoms with Crippen molar-refractivity contribution in [1.82, 2.24) is 15.5 Å². The van der Waals surface area contributed by atoms with Crippen LogP contribution in [0, 0.1) is 11.3 Å². The Kier molecular flexibility index (Phi) is 3.89. The minimum Gasteiger partial charge on any atom is -0.355 e. The van der Waals surface area contributed by atoms with Crippen LogP contribution in [0.1, 0.15) is 31.2 Å². The second-order valence-corrected chi connectivity index (χ2v) is 7.92. The molecule has 6 heteroatoms. The van der Waals surface area contributed by atoms with Gasteiger partial charge in [0, 0.05) is 25.6 Å². The standard InChI is InChI=1S/C17H23N3O2S/c21-15-7-13(9-19-15)16(22)20(10-12-1-6-23-11-12)14-8-17(14)2-4-18-5-3-17/h1,6,11,13-14,18H,2-5,7-10H2,(H,19,21). The smallest absolute Gasteiger partial charge is 0.228 e. The Balaban J connectivity index is 1.52. The quantitative estimate of drug-likeness (QED) is 0.874. The highest BCUT2D eigenvalue weighted by atomic mass is 32.1. The first kappa shape index (κ1) is 15.1. The number of carbonyl (C=O) groups is 2. The molecule has 1 aromatic heterocycles. The summed E-state index contributed by atoms with van der Waals surface area (Å²) in [4.78, 5) is 26.6. The highest BCUT2D eigenvalue weighted by Gasteiger charge is 2.58. The summed E-state index contributed by atoms with van der Waals surface area (Å²) in [6.45, 7) is 3.30. The first-order valence-corrected chi connectivity index (χ1v) is 9.41. The topological polar surface area (TPSA) is 61.4 Å². The third kappa shape index (κ3) is 2.90. The second kappa shape index (κ2) is 5.91. The lowest BCUT2D eigenvalue weighted by Crippen LogP contribution is -2.42. The van der Waals surface area contributed by atoms with Crippen LogP contribution in [-0.4, -0.2) is 42.4 Å². The van der Waals surface area contributed by atoms with Gasteiger partial charge in [-0.15, -0.1) is 0 Å². The Morgan fingerprint density at radius 2 is 2.22 bits per heavy atom. The molecule has 2 atom stereocenters. The molecule has 3 heterocycles. The number of nitrogens with one attached hydrogen (secondary N) is 2. The molecule has 124 valence electrons. The summed E-state index contributed by atoms with van der Waals surface area (Å²) in [5.41, 5.74) is 1.53. The lowest BCUT2D eigenvalue weighted by molar-refractivity contribution is -0.137. The zero-order chi connectivity index (χ0) is 15.9. The van der Waals surface area contributed by atoms with Crippen molar-refractivity contribution in [1.29, 1.82) is 0 Å². The third-order valence-corrected chi connectivity index (χ3v) is 6.40. The molecule has 1 aliphatic carbocycles. The predicted octanol–water partition coefficient (Wildman–Crippen LogP) is 1.35. The van der Waals surface area contributed by atoms with E-state index < -0.39 is 0 Å². The van der Waals surface area contributed by atoms with Gasteiger partial charge in [0.25, 0.3) is 0 Å². The number of thiophene rings is 1. The van der Waals surface area contributed by atoms with Crippen molar-refractivity contribution < 1.29 is 9.59 Å². The number of rotatable bonds is 4. The second-order valence-electron chi connectivity index (χ2n) is 7.14. The molecule has 0 aromatic carbocycles. The van der Waals surface area contributed by atoms with E-state index in [4.69, 9.17) is 0 Å². The van der Waals surface area contributed by atoms with Gasteiger partial charge in [-0.2, -0.15) is 11.3 Å². The van der Waals surface area contributed by atoms with Gasteiger partial charge in [0.05, 0.1) is 5.92 Å². The van der Waals surface area contributed by atoms with Crippen molar-refractivity contribution in [2.75, 3.05) is 19.6 Å². The van der Waals surface area contributed by atoms with E-state index in [1.165, 1.54) is 5.56 Å². The molecule has 5 nitrogen and oxygen atoms in total. The van der Waals surface area contributed by atoms with Crippen LogP contribution in [0.4, 0.5) is 0 Å². The highest BCUT2D eigenvalue weighted by Crippen LogP contribution is 2.56. The number of amides is 2. The van der Waals surface area contributed by atoms with E-state index in [0.717, 1.165) is 32.4 Å². The van der Waals surface area contributed by atoms with Gasteiger partial charge in [-0.1, -0.05) is 0 Å². The molecular weight excluding hydrogens is 310 g/mol. The van der Waals surface area contributed by atoms with E-state index >= 15 is 0 Å². The van der Waals surface area contributed by atoms with Gasteiger partial charge in [-0.05, 0) is 60.2 Å². The van der Waals surface area contributed by atoms with Gasteiger partial charge in [0.1, 0.15) is 0 Å². The van der Waals surface area contributed by atoms with Gasteiger partial charge in [-0.3, -0.25) is 9.59 Å². The number of hydrogen-bond acceptors (Lipinski definition) is 4. The Labute approximate surface area is 140 Å². The van der Waals surface area contributed by atoms with E-state index in [-0.39, 0.29) is 17.7 Å². The fourth-order valence-electron chi connectivity index (χ4n) is 4.16. The molecule has 2 amide bonds. The zero-order valence-electron chi connectivity index (χ0n) is 13.2. The van der Waals surface area contributed by atoms with E-state index in [9.17, 15) is 9.59 Å². The van der Waals surface area contributed by atoms with E-state index in [0.29, 0.717) is 31.0 Å². The molecule has 3 fully saturated rings. The van der Waals surface area contributed by atoms with Crippen LogP contribution in [-0.2, 0) is 16.1 Å². The Hall–Kier alpha value is -1.40. The molecule has 2 unspecified atom stereocenters. The number of nitrogens with zero attached hydrogens (tertiary/aromatic N) is 1. The highest BCUT2D eigenvalue weighted by molar-refractivity contribution is 7.07.